The quantitative estimate of drug-likeness (QED) is 0.868. The van der Waals surface area contributed by atoms with Gasteiger partial charge in [0.05, 0.1) is 17.5 Å². The average Bonchev–Trinajstić information content (AvgIpc) is 3.07. The van der Waals surface area contributed by atoms with Crippen molar-refractivity contribution in [2.75, 3.05) is 13.1 Å². The molecule has 0 radical (unpaired) electrons. The van der Waals surface area contributed by atoms with E-state index in [0.717, 1.165) is 63.0 Å². The number of pyridine rings is 1. The molecule has 2 aromatic heterocycles. The standard InChI is InChI=1S/C18H22N4O2/c23-18(15-13-20-22-10-4-2-5-16(15)22)21-11-7-14(8-12-21)24-17-6-1-3-9-19-17/h1,3,6,9,13-14H,2,4-5,7-8,10-12H2. The molecule has 2 aromatic rings. The number of piperidine rings is 1. The molecule has 24 heavy (non-hydrogen) atoms. The summed E-state index contributed by atoms with van der Waals surface area (Å²) in [4.78, 5) is 19.0. The molecule has 6 heteroatoms. The van der Waals surface area contributed by atoms with Gasteiger partial charge in [0.25, 0.3) is 5.91 Å². The van der Waals surface area contributed by atoms with Gasteiger partial charge in [-0.15, -0.1) is 0 Å². The summed E-state index contributed by atoms with van der Waals surface area (Å²) < 4.78 is 7.89. The number of likely N-dealkylation sites (tertiary alicyclic amines) is 1. The third kappa shape index (κ3) is 3.00. The van der Waals surface area contributed by atoms with Crippen molar-refractivity contribution in [2.24, 2.45) is 0 Å². The Balaban J connectivity index is 1.37. The maximum atomic E-state index is 12.8. The highest BCUT2D eigenvalue weighted by molar-refractivity contribution is 5.95. The topological polar surface area (TPSA) is 60.2 Å². The van der Waals surface area contributed by atoms with Gasteiger partial charge in [0.15, 0.2) is 0 Å². The van der Waals surface area contributed by atoms with Gasteiger partial charge in [0.1, 0.15) is 6.10 Å². The van der Waals surface area contributed by atoms with Gasteiger partial charge in [-0.25, -0.2) is 4.98 Å². The molecule has 0 atom stereocenters. The first-order valence-electron chi connectivity index (χ1n) is 8.73. The van der Waals surface area contributed by atoms with E-state index in [1.807, 2.05) is 27.8 Å². The highest BCUT2D eigenvalue weighted by Gasteiger charge is 2.28. The van der Waals surface area contributed by atoms with Crippen molar-refractivity contribution in [3.05, 3.63) is 41.9 Å². The zero-order chi connectivity index (χ0) is 16.4. The molecule has 1 saturated heterocycles. The molecule has 0 bridgehead atoms. The molecule has 4 heterocycles. The van der Waals surface area contributed by atoms with Gasteiger partial charge in [0, 0.05) is 44.7 Å². The Morgan fingerprint density at radius 1 is 1.17 bits per heavy atom. The Hall–Kier alpha value is -2.37. The first kappa shape index (κ1) is 15.2. The largest absolute Gasteiger partial charge is 0.474 e. The fraction of sp³-hybridized carbons (Fsp3) is 0.500. The van der Waals surface area contributed by atoms with Gasteiger partial charge in [-0.1, -0.05) is 6.07 Å². The second-order valence-electron chi connectivity index (χ2n) is 6.46. The van der Waals surface area contributed by atoms with Gasteiger partial charge < -0.3 is 9.64 Å². The van der Waals surface area contributed by atoms with Gasteiger partial charge in [0.2, 0.25) is 5.88 Å². The Labute approximate surface area is 141 Å². The van der Waals surface area contributed by atoms with Crippen LogP contribution in [0.15, 0.2) is 30.6 Å². The predicted octanol–water partition coefficient (Wildman–Crippen LogP) is 2.30. The lowest BCUT2D eigenvalue weighted by Crippen LogP contribution is -2.42. The summed E-state index contributed by atoms with van der Waals surface area (Å²) in [6, 6.07) is 5.67. The Kier molecular flexibility index (Phi) is 4.19. The number of carbonyl (C=O) groups is 1. The normalized spacial score (nSPS) is 18.2. The molecule has 4 rings (SSSR count). The van der Waals surface area contributed by atoms with Crippen LogP contribution in [-0.4, -0.2) is 44.8 Å². The van der Waals surface area contributed by atoms with E-state index in [4.69, 9.17) is 4.74 Å². The molecule has 2 aliphatic rings. The van der Waals surface area contributed by atoms with Crippen molar-refractivity contribution in [3.8, 4) is 5.88 Å². The first-order chi connectivity index (χ1) is 11.8. The third-order valence-electron chi connectivity index (χ3n) is 4.87. The van der Waals surface area contributed by atoms with E-state index in [0.29, 0.717) is 5.88 Å². The van der Waals surface area contributed by atoms with E-state index in [-0.39, 0.29) is 12.0 Å². The molecule has 0 aromatic carbocycles. The van der Waals surface area contributed by atoms with Crippen molar-refractivity contribution >= 4 is 5.91 Å². The number of hydrogen-bond acceptors (Lipinski definition) is 4. The van der Waals surface area contributed by atoms with Crippen LogP contribution in [0.2, 0.25) is 0 Å². The number of ether oxygens (including phenoxy) is 1. The fourth-order valence-electron chi connectivity index (χ4n) is 3.53. The van der Waals surface area contributed by atoms with Gasteiger partial charge in [-0.3, -0.25) is 9.48 Å². The van der Waals surface area contributed by atoms with Crippen molar-refractivity contribution < 1.29 is 9.53 Å². The molecule has 0 aliphatic carbocycles. The maximum absolute atomic E-state index is 12.8. The number of aryl methyl sites for hydroxylation is 1. The SMILES string of the molecule is O=C(c1cnn2c1CCCC2)N1CCC(Oc2ccccn2)CC1. The van der Waals surface area contributed by atoms with E-state index >= 15 is 0 Å². The Morgan fingerprint density at radius 3 is 2.83 bits per heavy atom. The number of fused-ring (bicyclic) bond motifs is 1. The van der Waals surface area contributed by atoms with Crippen molar-refractivity contribution in [1.29, 1.82) is 0 Å². The Bertz CT molecular complexity index is 705. The van der Waals surface area contributed by atoms with Crippen molar-refractivity contribution in [3.63, 3.8) is 0 Å². The van der Waals surface area contributed by atoms with E-state index in [1.165, 1.54) is 0 Å². The zero-order valence-electron chi connectivity index (χ0n) is 13.7. The first-order valence-corrected chi connectivity index (χ1v) is 8.73. The summed E-state index contributed by atoms with van der Waals surface area (Å²) in [7, 11) is 0. The summed E-state index contributed by atoms with van der Waals surface area (Å²) >= 11 is 0. The van der Waals surface area contributed by atoms with Crippen LogP contribution in [-0.2, 0) is 13.0 Å². The molecule has 6 nitrogen and oxygen atoms in total. The lowest BCUT2D eigenvalue weighted by molar-refractivity contribution is 0.0586. The second-order valence-corrected chi connectivity index (χ2v) is 6.46. The monoisotopic (exact) mass is 326 g/mol. The molecule has 2 aliphatic heterocycles. The van der Waals surface area contributed by atoms with E-state index in [2.05, 4.69) is 10.1 Å². The van der Waals surface area contributed by atoms with Crippen molar-refractivity contribution in [2.45, 2.75) is 44.8 Å². The molecule has 0 N–H and O–H groups in total. The predicted molar refractivity (Wildman–Crippen MR) is 89.0 cm³/mol. The van der Waals surface area contributed by atoms with Crippen LogP contribution in [0.4, 0.5) is 0 Å². The van der Waals surface area contributed by atoms with Crippen LogP contribution in [0.1, 0.15) is 41.7 Å². The number of carbonyl (C=O) groups excluding carboxylic acids is 1. The molecule has 1 fully saturated rings. The molecular weight excluding hydrogens is 304 g/mol. The summed E-state index contributed by atoms with van der Waals surface area (Å²) in [5, 5.41) is 4.38. The summed E-state index contributed by atoms with van der Waals surface area (Å²) in [5.74, 6) is 0.780. The van der Waals surface area contributed by atoms with Crippen LogP contribution in [0.25, 0.3) is 0 Å². The molecule has 126 valence electrons. The molecular formula is C18H22N4O2. The molecule has 1 amide bonds. The lowest BCUT2D eigenvalue weighted by Gasteiger charge is -2.32. The van der Waals surface area contributed by atoms with Gasteiger partial charge >= 0.3 is 0 Å². The highest BCUT2D eigenvalue weighted by Crippen LogP contribution is 2.22. The number of hydrogen-bond donors (Lipinski definition) is 0. The van der Waals surface area contributed by atoms with Crippen LogP contribution in [0, 0.1) is 0 Å². The molecule has 0 spiro atoms. The average molecular weight is 326 g/mol. The summed E-state index contributed by atoms with van der Waals surface area (Å²) in [6.45, 7) is 2.38. The summed E-state index contributed by atoms with van der Waals surface area (Å²) in [6.07, 6.45) is 8.55. The molecule has 0 unspecified atom stereocenters. The summed E-state index contributed by atoms with van der Waals surface area (Å²) in [5.41, 5.74) is 1.90. The highest BCUT2D eigenvalue weighted by atomic mass is 16.5. The van der Waals surface area contributed by atoms with Gasteiger partial charge in [-0.2, -0.15) is 5.10 Å². The molecule has 0 saturated carbocycles. The maximum Gasteiger partial charge on any atom is 0.257 e. The smallest absolute Gasteiger partial charge is 0.257 e. The number of rotatable bonds is 3. The van der Waals surface area contributed by atoms with E-state index < -0.39 is 0 Å². The minimum absolute atomic E-state index is 0.120. The Morgan fingerprint density at radius 2 is 2.04 bits per heavy atom. The zero-order valence-corrected chi connectivity index (χ0v) is 13.7. The lowest BCUT2D eigenvalue weighted by atomic mass is 10.0. The van der Waals surface area contributed by atoms with E-state index in [9.17, 15) is 4.79 Å². The van der Waals surface area contributed by atoms with Crippen LogP contribution in [0.3, 0.4) is 0 Å². The van der Waals surface area contributed by atoms with Crippen LogP contribution < -0.4 is 4.74 Å². The number of amides is 1. The fourth-order valence-corrected chi connectivity index (χ4v) is 3.53. The third-order valence-corrected chi connectivity index (χ3v) is 4.87. The minimum atomic E-state index is 0.120. The number of aromatic nitrogens is 3. The number of nitrogens with zero attached hydrogens (tertiary/aromatic N) is 4. The van der Waals surface area contributed by atoms with Gasteiger partial charge in [-0.05, 0) is 25.3 Å². The minimum Gasteiger partial charge on any atom is -0.474 e. The van der Waals surface area contributed by atoms with E-state index in [1.54, 1.807) is 12.4 Å². The van der Waals surface area contributed by atoms with Crippen LogP contribution >= 0.6 is 0 Å². The second kappa shape index (κ2) is 6.63. The van der Waals surface area contributed by atoms with Crippen molar-refractivity contribution in [1.82, 2.24) is 19.7 Å². The van der Waals surface area contributed by atoms with Crippen LogP contribution in [0.5, 0.6) is 5.88 Å².